The molecular formula is C16H27N3O2. The lowest BCUT2D eigenvalue weighted by atomic mass is 10.1. The highest BCUT2D eigenvalue weighted by molar-refractivity contribution is 5.73. The van der Waals surface area contributed by atoms with Gasteiger partial charge in [0.1, 0.15) is 0 Å². The lowest BCUT2D eigenvalue weighted by Gasteiger charge is -2.21. The van der Waals surface area contributed by atoms with Crippen molar-refractivity contribution in [2.45, 2.75) is 52.5 Å². The van der Waals surface area contributed by atoms with Gasteiger partial charge in [-0.25, -0.2) is 4.79 Å². The number of aryl methyl sites for hydroxylation is 1. The molecule has 1 aromatic heterocycles. The molecule has 1 heterocycles. The van der Waals surface area contributed by atoms with E-state index in [-0.39, 0.29) is 11.6 Å². The van der Waals surface area contributed by atoms with Crippen LogP contribution in [0.5, 0.6) is 0 Å². The molecule has 0 aliphatic heterocycles. The molecule has 21 heavy (non-hydrogen) atoms. The standard InChI is InChI=1S/C16H27N3O2/c1-4-6-8-14-10-9-13(15(20)18-14)12-19(11-7-5-2)16(21)17-3/h9-10H,4-8,11-12H2,1-3H3,(H,17,21)(H,18,20). The fourth-order valence-corrected chi connectivity index (χ4v) is 2.15. The van der Waals surface area contributed by atoms with Crippen molar-refractivity contribution in [3.8, 4) is 0 Å². The maximum Gasteiger partial charge on any atom is 0.317 e. The zero-order valence-electron chi connectivity index (χ0n) is 13.4. The normalized spacial score (nSPS) is 10.4. The fourth-order valence-electron chi connectivity index (χ4n) is 2.15. The highest BCUT2D eigenvalue weighted by Gasteiger charge is 2.13. The van der Waals surface area contributed by atoms with Gasteiger partial charge in [-0.05, 0) is 25.3 Å². The predicted molar refractivity (Wildman–Crippen MR) is 85.4 cm³/mol. The Labute approximate surface area is 126 Å². The Kier molecular flexibility index (Phi) is 7.58. The first kappa shape index (κ1) is 17.3. The molecule has 0 spiro atoms. The van der Waals surface area contributed by atoms with Gasteiger partial charge in [-0.15, -0.1) is 0 Å². The van der Waals surface area contributed by atoms with Crippen molar-refractivity contribution < 1.29 is 4.79 Å². The molecular weight excluding hydrogens is 266 g/mol. The predicted octanol–water partition coefficient (Wildman–Crippen LogP) is 2.66. The molecule has 0 bridgehead atoms. The molecule has 2 N–H and O–H groups in total. The van der Waals surface area contributed by atoms with E-state index >= 15 is 0 Å². The fraction of sp³-hybridized carbons (Fsp3) is 0.625. The zero-order valence-corrected chi connectivity index (χ0v) is 13.4. The van der Waals surface area contributed by atoms with Crippen LogP contribution in [-0.2, 0) is 13.0 Å². The van der Waals surface area contributed by atoms with Crippen molar-refractivity contribution in [1.82, 2.24) is 15.2 Å². The molecule has 0 aromatic carbocycles. The summed E-state index contributed by atoms with van der Waals surface area (Å²) in [6, 6.07) is 3.65. The number of amides is 2. The van der Waals surface area contributed by atoms with Crippen molar-refractivity contribution in [1.29, 1.82) is 0 Å². The smallest absolute Gasteiger partial charge is 0.317 e. The van der Waals surface area contributed by atoms with E-state index in [2.05, 4.69) is 24.1 Å². The van der Waals surface area contributed by atoms with Crippen molar-refractivity contribution >= 4 is 6.03 Å². The van der Waals surface area contributed by atoms with E-state index < -0.39 is 0 Å². The molecule has 0 atom stereocenters. The summed E-state index contributed by atoms with van der Waals surface area (Å²) in [4.78, 5) is 28.5. The summed E-state index contributed by atoms with van der Waals surface area (Å²) in [5.41, 5.74) is 1.51. The second kappa shape index (κ2) is 9.21. The van der Waals surface area contributed by atoms with Crippen LogP contribution in [-0.4, -0.2) is 29.5 Å². The highest BCUT2D eigenvalue weighted by atomic mass is 16.2. The molecule has 0 unspecified atom stereocenters. The summed E-state index contributed by atoms with van der Waals surface area (Å²) in [6.07, 6.45) is 5.00. The minimum absolute atomic E-state index is 0.0889. The maximum atomic E-state index is 12.1. The number of nitrogens with zero attached hydrogens (tertiary/aromatic N) is 1. The van der Waals surface area contributed by atoms with Crippen LogP contribution in [0.25, 0.3) is 0 Å². The van der Waals surface area contributed by atoms with Crippen molar-refractivity contribution in [2.75, 3.05) is 13.6 Å². The van der Waals surface area contributed by atoms with Crippen LogP contribution >= 0.6 is 0 Å². The molecule has 0 aliphatic carbocycles. The van der Waals surface area contributed by atoms with Crippen LogP contribution in [0.4, 0.5) is 4.79 Å². The molecule has 2 amide bonds. The summed E-state index contributed by atoms with van der Waals surface area (Å²) >= 11 is 0. The number of carbonyl (C=O) groups excluding carboxylic acids is 1. The number of carbonyl (C=O) groups is 1. The maximum absolute atomic E-state index is 12.1. The average Bonchev–Trinajstić information content (AvgIpc) is 2.50. The number of pyridine rings is 1. The summed E-state index contributed by atoms with van der Waals surface area (Å²) in [5.74, 6) is 0. The van der Waals surface area contributed by atoms with Crippen LogP contribution in [0.2, 0.25) is 0 Å². The van der Waals surface area contributed by atoms with Gasteiger partial charge in [0.15, 0.2) is 0 Å². The van der Waals surface area contributed by atoms with Crippen LogP contribution < -0.4 is 10.9 Å². The van der Waals surface area contributed by atoms with E-state index in [1.807, 2.05) is 12.1 Å². The Morgan fingerprint density at radius 1 is 1.24 bits per heavy atom. The van der Waals surface area contributed by atoms with Crippen LogP contribution in [0.15, 0.2) is 16.9 Å². The molecule has 0 aliphatic rings. The quantitative estimate of drug-likeness (QED) is 0.774. The monoisotopic (exact) mass is 293 g/mol. The van der Waals surface area contributed by atoms with Gasteiger partial charge in [0.2, 0.25) is 0 Å². The molecule has 0 radical (unpaired) electrons. The third-order valence-electron chi connectivity index (χ3n) is 3.49. The second-order valence-corrected chi connectivity index (χ2v) is 5.27. The van der Waals surface area contributed by atoms with Gasteiger partial charge in [0, 0.05) is 24.8 Å². The third-order valence-corrected chi connectivity index (χ3v) is 3.49. The van der Waals surface area contributed by atoms with Crippen molar-refractivity contribution in [2.24, 2.45) is 0 Å². The van der Waals surface area contributed by atoms with E-state index in [9.17, 15) is 9.59 Å². The highest BCUT2D eigenvalue weighted by Crippen LogP contribution is 2.05. The van der Waals surface area contributed by atoms with E-state index in [1.165, 1.54) is 0 Å². The van der Waals surface area contributed by atoms with Crippen molar-refractivity contribution in [3.05, 3.63) is 33.7 Å². The molecule has 0 saturated heterocycles. The molecule has 5 nitrogen and oxygen atoms in total. The number of aromatic nitrogens is 1. The van der Waals surface area contributed by atoms with E-state index in [0.29, 0.717) is 18.7 Å². The minimum Gasteiger partial charge on any atom is -0.341 e. The molecule has 5 heteroatoms. The Morgan fingerprint density at radius 3 is 2.52 bits per heavy atom. The summed E-state index contributed by atoms with van der Waals surface area (Å²) < 4.78 is 0. The molecule has 1 rings (SSSR count). The molecule has 118 valence electrons. The number of nitrogens with one attached hydrogen (secondary N) is 2. The van der Waals surface area contributed by atoms with Crippen LogP contribution in [0.3, 0.4) is 0 Å². The molecule has 0 saturated carbocycles. The number of aromatic amines is 1. The average molecular weight is 293 g/mol. The van der Waals surface area contributed by atoms with Crippen molar-refractivity contribution in [3.63, 3.8) is 0 Å². The zero-order chi connectivity index (χ0) is 15.7. The van der Waals surface area contributed by atoms with Gasteiger partial charge in [-0.2, -0.15) is 0 Å². The number of rotatable bonds is 8. The van der Waals surface area contributed by atoms with Gasteiger partial charge in [0.05, 0.1) is 6.54 Å². The lowest BCUT2D eigenvalue weighted by molar-refractivity contribution is 0.196. The minimum atomic E-state index is -0.141. The first-order chi connectivity index (χ1) is 10.1. The Morgan fingerprint density at radius 2 is 1.95 bits per heavy atom. The first-order valence-corrected chi connectivity index (χ1v) is 7.80. The summed E-state index contributed by atoms with van der Waals surface area (Å²) in [5, 5.41) is 2.63. The second-order valence-electron chi connectivity index (χ2n) is 5.27. The lowest BCUT2D eigenvalue weighted by Crippen LogP contribution is -2.39. The Bertz CT molecular complexity index is 497. The molecule has 1 aromatic rings. The number of unbranched alkanes of at least 4 members (excludes halogenated alkanes) is 2. The SMILES string of the molecule is CCCCc1ccc(CN(CCCC)C(=O)NC)c(=O)[nH]1. The van der Waals surface area contributed by atoms with Gasteiger partial charge in [-0.3, -0.25) is 4.79 Å². The van der Waals surface area contributed by atoms with E-state index in [1.54, 1.807) is 11.9 Å². The third kappa shape index (κ3) is 5.61. The number of H-pyrrole nitrogens is 1. The summed E-state index contributed by atoms with van der Waals surface area (Å²) in [7, 11) is 1.61. The first-order valence-electron chi connectivity index (χ1n) is 7.80. The van der Waals surface area contributed by atoms with E-state index in [0.717, 1.165) is 37.8 Å². The summed E-state index contributed by atoms with van der Waals surface area (Å²) in [6.45, 7) is 5.22. The topological polar surface area (TPSA) is 65.2 Å². The number of hydrogen-bond acceptors (Lipinski definition) is 2. The molecule has 0 fully saturated rings. The van der Waals surface area contributed by atoms with Crippen LogP contribution in [0, 0.1) is 0 Å². The van der Waals surface area contributed by atoms with E-state index in [4.69, 9.17) is 0 Å². The van der Waals surface area contributed by atoms with Gasteiger partial charge in [0.25, 0.3) is 5.56 Å². The van der Waals surface area contributed by atoms with Crippen LogP contribution in [0.1, 0.15) is 50.8 Å². The Balaban J connectivity index is 2.78. The Hall–Kier alpha value is -1.78. The number of hydrogen-bond donors (Lipinski definition) is 2. The number of urea groups is 1. The largest absolute Gasteiger partial charge is 0.341 e. The van der Waals surface area contributed by atoms with Gasteiger partial charge >= 0.3 is 6.03 Å². The van der Waals surface area contributed by atoms with Gasteiger partial charge in [-0.1, -0.05) is 32.8 Å². The van der Waals surface area contributed by atoms with Gasteiger partial charge < -0.3 is 15.2 Å².